The number of benzene rings is 1. The lowest BCUT2D eigenvalue weighted by atomic mass is 9.99. The normalized spacial score (nSPS) is 22.7. The van der Waals surface area contributed by atoms with E-state index < -0.39 is 20.8 Å². The summed E-state index contributed by atoms with van der Waals surface area (Å²) < 4.78 is 27.3. The maximum Gasteiger partial charge on any atom is 0.332 e. The molecule has 0 bridgehead atoms. The third-order valence-corrected chi connectivity index (χ3v) is 8.91. The number of fused-ring (bicyclic) bond motifs is 2. The predicted octanol–water partition coefficient (Wildman–Crippen LogP) is 2.35. The zero-order chi connectivity index (χ0) is 18.6. The molecule has 1 heterocycles. The highest BCUT2D eigenvalue weighted by molar-refractivity contribution is 7.91. The van der Waals surface area contributed by atoms with E-state index in [1.165, 1.54) is 22.3 Å². The standard InChI is InChI=1S/C20H27N3O3S/c24-19(22-27(25,26)20(8-9-20)13-23-10-3-11-23)21-18-16-6-1-4-14(16)12-15-5-2-7-17(15)18/h12H,1-11,13H2,(H2,21,22,24). The summed E-state index contributed by atoms with van der Waals surface area (Å²) in [6, 6.07) is 1.70. The number of carbonyl (C=O) groups is 1. The van der Waals surface area contributed by atoms with E-state index in [1.807, 2.05) is 0 Å². The molecule has 5 rings (SSSR count). The van der Waals surface area contributed by atoms with Crippen molar-refractivity contribution in [1.82, 2.24) is 9.62 Å². The van der Waals surface area contributed by atoms with Crippen molar-refractivity contribution in [2.45, 2.75) is 62.5 Å². The average Bonchev–Trinajstić information content (AvgIpc) is 3.00. The number of sulfonamides is 1. The fourth-order valence-electron chi connectivity index (χ4n) is 4.94. The van der Waals surface area contributed by atoms with Gasteiger partial charge in [-0.1, -0.05) is 6.07 Å². The number of nitrogens with zero attached hydrogens (tertiary/aromatic N) is 1. The fraction of sp³-hybridized carbons (Fsp3) is 0.650. The summed E-state index contributed by atoms with van der Waals surface area (Å²) in [5, 5.41) is 2.94. The fourth-order valence-corrected chi connectivity index (χ4v) is 6.44. The van der Waals surface area contributed by atoms with Crippen molar-refractivity contribution in [3.63, 3.8) is 0 Å². The average molecular weight is 390 g/mol. The molecule has 4 aliphatic rings. The Kier molecular flexibility index (Phi) is 4.02. The quantitative estimate of drug-likeness (QED) is 0.810. The van der Waals surface area contributed by atoms with E-state index in [2.05, 4.69) is 21.0 Å². The molecule has 2 N–H and O–H groups in total. The van der Waals surface area contributed by atoms with E-state index in [0.717, 1.165) is 63.7 Å². The van der Waals surface area contributed by atoms with Crippen LogP contribution in [0.2, 0.25) is 0 Å². The van der Waals surface area contributed by atoms with Crippen LogP contribution in [0.4, 0.5) is 10.5 Å². The van der Waals surface area contributed by atoms with Crippen LogP contribution in [-0.2, 0) is 35.7 Å². The van der Waals surface area contributed by atoms with Gasteiger partial charge < -0.3 is 10.2 Å². The van der Waals surface area contributed by atoms with Crippen LogP contribution in [-0.4, -0.2) is 43.7 Å². The Hall–Kier alpha value is -1.60. The molecule has 3 aliphatic carbocycles. The van der Waals surface area contributed by atoms with Gasteiger partial charge in [-0.2, -0.15) is 0 Å². The SMILES string of the molecule is O=C(Nc1c2c(cc3c1CCC3)CCC2)NS(=O)(=O)C1(CN2CCC2)CC1. The molecular weight excluding hydrogens is 362 g/mol. The zero-order valence-corrected chi connectivity index (χ0v) is 16.5. The van der Waals surface area contributed by atoms with Crippen molar-refractivity contribution in [3.05, 3.63) is 28.3 Å². The Morgan fingerprint density at radius 3 is 2.15 bits per heavy atom. The number of hydrogen-bond donors (Lipinski definition) is 2. The van der Waals surface area contributed by atoms with Gasteiger partial charge in [-0.05, 0) is 93.1 Å². The smallest absolute Gasteiger partial charge is 0.307 e. The molecule has 0 atom stereocenters. The molecule has 0 radical (unpaired) electrons. The number of nitrogens with one attached hydrogen (secondary N) is 2. The first-order valence-corrected chi connectivity index (χ1v) is 11.7. The summed E-state index contributed by atoms with van der Waals surface area (Å²) in [7, 11) is -3.67. The first-order valence-electron chi connectivity index (χ1n) is 10.2. The van der Waals surface area contributed by atoms with Gasteiger partial charge in [0.2, 0.25) is 10.0 Å². The van der Waals surface area contributed by atoms with Crippen molar-refractivity contribution in [2.24, 2.45) is 0 Å². The summed E-state index contributed by atoms with van der Waals surface area (Å²) in [6.45, 7) is 2.48. The molecule has 27 heavy (non-hydrogen) atoms. The van der Waals surface area contributed by atoms with Gasteiger partial charge in [0.1, 0.15) is 4.75 Å². The molecule has 2 amide bonds. The van der Waals surface area contributed by atoms with Crippen molar-refractivity contribution >= 4 is 21.7 Å². The summed E-state index contributed by atoms with van der Waals surface area (Å²) >= 11 is 0. The minimum atomic E-state index is -3.67. The first-order chi connectivity index (χ1) is 13.0. The molecule has 2 fully saturated rings. The van der Waals surface area contributed by atoms with Gasteiger partial charge in [0.25, 0.3) is 0 Å². The van der Waals surface area contributed by atoms with E-state index in [4.69, 9.17) is 0 Å². The Morgan fingerprint density at radius 2 is 1.63 bits per heavy atom. The molecule has 0 unspecified atom stereocenters. The Morgan fingerprint density at radius 1 is 1.00 bits per heavy atom. The number of amides is 2. The van der Waals surface area contributed by atoms with Crippen LogP contribution < -0.4 is 10.0 Å². The van der Waals surface area contributed by atoms with Crippen LogP contribution in [0.5, 0.6) is 0 Å². The Bertz CT molecular complexity index is 869. The van der Waals surface area contributed by atoms with Crippen LogP contribution in [0.25, 0.3) is 0 Å². The van der Waals surface area contributed by atoms with Gasteiger partial charge in [0, 0.05) is 12.2 Å². The van der Waals surface area contributed by atoms with Gasteiger partial charge in [0.15, 0.2) is 0 Å². The summed E-state index contributed by atoms with van der Waals surface area (Å²) in [6.07, 6.45) is 8.65. The van der Waals surface area contributed by atoms with Gasteiger partial charge in [-0.25, -0.2) is 17.9 Å². The summed E-state index contributed by atoms with van der Waals surface area (Å²) in [5.41, 5.74) is 5.96. The van der Waals surface area contributed by atoms with Crippen molar-refractivity contribution < 1.29 is 13.2 Å². The van der Waals surface area contributed by atoms with Crippen LogP contribution in [0.15, 0.2) is 6.07 Å². The molecule has 146 valence electrons. The third kappa shape index (κ3) is 2.95. The van der Waals surface area contributed by atoms with Crippen molar-refractivity contribution in [1.29, 1.82) is 0 Å². The molecule has 1 aliphatic heterocycles. The van der Waals surface area contributed by atoms with Gasteiger partial charge >= 0.3 is 6.03 Å². The second kappa shape index (κ2) is 6.21. The molecule has 1 aromatic rings. The lowest BCUT2D eigenvalue weighted by molar-refractivity contribution is 0.177. The van der Waals surface area contributed by atoms with Crippen molar-refractivity contribution in [3.8, 4) is 0 Å². The maximum absolute atomic E-state index is 12.9. The van der Waals surface area contributed by atoms with Crippen LogP contribution in [0, 0.1) is 0 Å². The number of rotatable bonds is 5. The predicted molar refractivity (Wildman–Crippen MR) is 105 cm³/mol. The third-order valence-electron chi connectivity index (χ3n) is 6.78. The highest BCUT2D eigenvalue weighted by atomic mass is 32.2. The van der Waals surface area contributed by atoms with Crippen LogP contribution in [0.1, 0.15) is 54.4 Å². The van der Waals surface area contributed by atoms with E-state index in [-0.39, 0.29) is 0 Å². The molecule has 7 heteroatoms. The lowest BCUT2D eigenvalue weighted by Gasteiger charge is -2.34. The van der Waals surface area contributed by atoms with Gasteiger partial charge in [-0.15, -0.1) is 0 Å². The number of hydrogen-bond acceptors (Lipinski definition) is 4. The first kappa shape index (κ1) is 17.5. The highest BCUT2D eigenvalue weighted by Crippen LogP contribution is 2.44. The molecule has 1 saturated heterocycles. The van der Waals surface area contributed by atoms with Gasteiger partial charge in [-0.3, -0.25) is 0 Å². The molecule has 0 spiro atoms. The molecule has 0 aromatic heterocycles. The van der Waals surface area contributed by atoms with E-state index in [0.29, 0.717) is 19.4 Å². The number of aryl methyl sites for hydroxylation is 2. The van der Waals surface area contributed by atoms with E-state index in [1.54, 1.807) is 0 Å². The zero-order valence-electron chi connectivity index (χ0n) is 15.6. The number of urea groups is 1. The van der Waals surface area contributed by atoms with E-state index >= 15 is 0 Å². The Balaban J connectivity index is 1.34. The van der Waals surface area contributed by atoms with Crippen molar-refractivity contribution in [2.75, 3.05) is 25.0 Å². The summed E-state index contributed by atoms with van der Waals surface area (Å²) in [5.74, 6) is 0. The monoisotopic (exact) mass is 389 g/mol. The van der Waals surface area contributed by atoms with Crippen LogP contribution in [0.3, 0.4) is 0 Å². The lowest BCUT2D eigenvalue weighted by Crippen LogP contribution is -2.50. The Labute approximate surface area is 160 Å². The topological polar surface area (TPSA) is 78.5 Å². The highest BCUT2D eigenvalue weighted by Gasteiger charge is 2.56. The van der Waals surface area contributed by atoms with Crippen LogP contribution >= 0.6 is 0 Å². The van der Waals surface area contributed by atoms with E-state index in [9.17, 15) is 13.2 Å². The summed E-state index contributed by atoms with van der Waals surface area (Å²) in [4.78, 5) is 14.8. The second-order valence-corrected chi connectivity index (χ2v) is 10.7. The minimum Gasteiger partial charge on any atom is -0.307 e. The largest absolute Gasteiger partial charge is 0.332 e. The minimum absolute atomic E-state index is 0.547. The number of likely N-dealkylation sites (tertiary alicyclic amines) is 1. The molecule has 1 aromatic carbocycles. The molecule has 6 nitrogen and oxygen atoms in total. The number of anilines is 1. The second-order valence-electron chi connectivity index (χ2n) is 8.61. The molecular formula is C20H27N3O3S. The van der Waals surface area contributed by atoms with Gasteiger partial charge in [0.05, 0.1) is 0 Å². The molecule has 1 saturated carbocycles. The number of carbonyl (C=O) groups excluding carboxylic acids is 1. The maximum atomic E-state index is 12.9.